The average Bonchev–Trinajstić information content (AvgIpc) is 3.34. The molecule has 0 spiro atoms. The number of aromatic nitrogens is 1. The Kier molecular flexibility index (Phi) is 8.50. The molecule has 7 nitrogen and oxygen atoms in total. The average molecular weight is 557 g/mol. The van der Waals surface area contributed by atoms with Crippen LogP contribution in [0.1, 0.15) is 29.0 Å². The number of nitrogens with zero attached hydrogens (tertiary/aromatic N) is 1. The molecule has 0 radical (unpaired) electrons. The number of halogens is 3. The summed E-state index contributed by atoms with van der Waals surface area (Å²) in [6, 6.07) is 16.9. The van der Waals surface area contributed by atoms with E-state index in [1.54, 1.807) is 18.2 Å². The number of rotatable bonds is 10. The van der Waals surface area contributed by atoms with Crippen molar-refractivity contribution >= 4 is 50.8 Å². The Labute approximate surface area is 225 Å². The zero-order valence-electron chi connectivity index (χ0n) is 20.6. The smallest absolute Gasteiger partial charge is 0.416 e. The van der Waals surface area contributed by atoms with E-state index in [-0.39, 0.29) is 24.3 Å². The second-order valence-corrected chi connectivity index (χ2v) is 9.41. The summed E-state index contributed by atoms with van der Waals surface area (Å²) in [6.07, 6.45) is -2.50. The molecular weight excluding hydrogens is 533 g/mol. The van der Waals surface area contributed by atoms with Gasteiger partial charge in [-0.15, -0.1) is 11.3 Å². The predicted octanol–water partition coefficient (Wildman–Crippen LogP) is 6.75. The quantitative estimate of drug-likeness (QED) is 0.224. The fourth-order valence-corrected chi connectivity index (χ4v) is 4.71. The van der Waals surface area contributed by atoms with Gasteiger partial charge in [0.2, 0.25) is 0 Å². The van der Waals surface area contributed by atoms with Gasteiger partial charge < -0.3 is 19.9 Å². The summed E-state index contributed by atoms with van der Waals surface area (Å²) in [5, 5.41) is 12.3. The van der Waals surface area contributed by atoms with Gasteiger partial charge >= 0.3 is 12.1 Å². The van der Waals surface area contributed by atoms with Crippen LogP contribution in [0, 0.1) is 0 Å². The van der Waals surface area contributed by atoms with Gasteiger partial charge in [-0.3, -0.25) is 9.59 Å². The minimum Gasteiger partial charge on any atom is -0.493 e. The Hall–Kier alpha value is -4.38. The first-order valence-electron chi connectivity index (χ1n) is 11.7. The van der Waals surface area contributed by atoms with E-state index in [2.05, 4.69) is 10.3 Å². The first-order valence-corrected chi connectivity index (χ1v) is 12.5. The van der Waals surface area contributed by atoms with Crippen molar-refractivity contribution < 1.29 is 37.3 Å². The lowest BCUT2D eigenvalue weighted by atomic mass is 10.1. The van der Waals surface area contributed by atoms with Gasteiger partial charge in [-0.05, 0) is 66.1 Å². The maximum absolute atomic E-state index is 12.9. The molecule has 11 heteroatoms. The zero-order chi connectivity index (χ0) is 28.0. The van der Waals surface area contributed by atoms with Gasteiger partial charge in [0.15, 0.2) is 18.1 Å². The van der Waals surface area contributed by atoms with Crippen molar-refractivity contribution in [2.45, 2.75) is 19.0 Å². The number of benzene rings is 3. The molecule has 39 heavy (non-hydrogen) atoms. The predicted molar refractivity (Wildman–Crippen MR) is 143 cm³/mol. The fourth-order valence-electron chi connectivity index (χ4n) is 3.70. The zero-order valence-corrected chi connectivity index (χ0v) is 21.4. The van der Waals surface area contributed by atoms with Crippen LogP contribution in [-0.4, -0.2) is 35.7 Å². The third-order valence-electron chi connectivity index (χ3n) is 5.54. The van der Waals surface area contributed by atoms with Crippen LogP contribution in [0.4, 0.5) is 18.9 Å². The van der Waals surface area contributed by atoms with E-state index >= 15 is 0 Å². The molecule has 0 fully saturated rings. The number of thiazole rings is 1. The first kappa shape index (κ1) is 27.6. The lowest BCUT2D eigenvalue weighted by Crippen LogP contribution is -2.20. The summed E-state index contributed by atoms with van der Waals surface area (Å²) in [4.78, 5) is 28.2. The number of carboxylic acids is 1. The maximum Gasteiger partial charge on any atom is 0.416 e. The highest BCUT2D eigenvalue weighted by atomic mass is 32.1. The van der Waals surface area contributed by atoms with Gasteiger partial charge in [0.05, 0.1) is 22.9 Å². The number of allylic oxidation sites excluding steroid dienone is 1. The normalized spacial score (nSPS) is 11.8. The molecular formula is C28H23F3N2O5S. The van der Waals surface area contributed by atoms with E-state index in [1.165, 1.54) is 30.6 Å². The number of methoxy groups -OCH3 is 1. The Morgan fingerprint density at radius 2 is 1.82 bits per heavy atom. The number of fused-ring (bicyclic) bond motifs is 1. The SMILES string of the molecule is COc1cc(C=C(CCC(=O)O)c2nc3ccccc3s2)ccc1OCC(=O)Nc1cccc(C(F)(F)F)c1. The van der Waals surface area contributed by atoms with Crippen molar-refractivity contribution in [3.8, 4) is 11.5 Å². The number of aliphatic carboxylic acids is 1. The maximum atomic E-state index is 12.9. The number of carbonyl (C=O) groups is 2. The molecule has 1 aromatic heterocycles. The van der Waals surface area contributed by atoms with E-state index in [4.69, 9.17) is 9.47 Å². The highest BCUT2D eigenvalue weighted by molar-refractivity contribution is 7.19. The Morgan fingerprint density at radius 1 is 1.03 bits per heavy atom. The van der Waals surface area contributed by atoms with Crippen LogP contribution < -0.4 is 14.8 Å². The molecule has 0 bridgehead atoms. The lowest BCUT2D eigenvalue weighted by Gasteiger charge is -2.13. The molecule has 0 aliphatic rings. The second-order valence-electron chi connectivity index (χ2n) is 8.38. The number of para-hydroxylation sites is 1. The number of ether oxygens (including phenoxy) is 2. The molecule has 0 saturated heterocycles. The minimum atomic E-state index is -4.53. The third-order valence-corrected chi connectivity index (χ3v) is 6.65. The standard InChI is InChI=1S/C28H23F3N2O5S/c1-37-23-14-17(13-18(10-12-26(35)36)27-33-21-7-2-3-8-24(21)39-27)9-11-22(23)38-16-25(34)32-20-6-4-5-19(15-20)28(29,30)31/h2-9,11,13-15H,10,12,16H2,1H3,(H,32,34)(H,35,36). The van der Waals surface area contributed by atoms with E-state index in [9.17, 15) is 27.9 Å². The molecule has 1 amide bonds. The summed E-state index contributed by atoms with van der Waals surface area (Å²) in [6.45, 7) is -0.461. The molecule has 4 rings (SSSR count). The molecule has 0 atom stereocenters. The van der Waals surface area contributed by atoms with Crippen LogP contribution in [-0.2, 0) is 15.8 Å². The molecule has 3 aromatic carbocycles. The Balaban J connectivity index is 1.50. The minimum absolute atomic E-state index is 0.00499. The largest absolute Gasteiger partial charge is 0.493 e. The van der Waals surface area contributed by atoms with Gasteiger partial charge in [0.25, 0.3) is 5.91 Å². The summed E-state index contributed by atoms with van der Waals surface area (Å²) < 4.78 is 50.7. The summed E-state index contributed by atoms with van der Waals surface area (Å²) >= 11 is 1.47. The van der Waals surface area contributed by atoms with Crippen molar-refractivity contribution in [1.29, 1.82) is 0 Å². The van der Waals surface area contributed by atoms with E-state index in [0.29, 0.717) is 16.3 Å². The number of amides is 1. The molecule has 2 N–H and O–H groups in total. The van der Waals surface area contributed by atoms with Crippen molar-refractivity contribution in [3.05, 3.63) is 82.9 Å². The van der Waals surface area contributed by atoms with E-state index in [0.717, 1.165) is 27.9 Å². The van der Waals surface area contributed by atoms with Crippen molar-refractivity contribution in [3.63, 3.8) is 0 Å². The summed E-state index contributed by atoms with van der Waals surface area (Å²) in [5.74, 6) is -1.00. The van der Waals surface area contributed by atoms with Crippen LogP contribution in [0.5, 0.6) is 11.5 Å². The number of hydrogen-bond acceptors (Lipinski definition) is 6. The van der Waals surface area contributed by atoms with E-state index < -0.39 is 30.2 Å². The second kappa shape index (κ2) is 12.0. The van der Waals surface area contributed by atoms with Crippen LogP contribution in [0.15, 0.2) is 66.7 Å². The first-order chi connectivity index (χ1) is 18.6. The Morgan fingerprint density at radius 3 is 2.54 bits per heavy atom. The highest BCUT2D eigenvalue weighted by Crippen LogP contribution is 2.34. The highest BCUT2D eigenvalue weighted by Gasteiger charge is 2.30. The van der Waals surface area contributed by atoms with Crippen LogP contribution >= 0.6 is 11.3 Å². The van der Waals surface area contributed by atoms with Crippen molar-refractivity contribution in [2.24, 2.45) is 0 Å². The topological polar surface area (TPSA) is 97.8 Å². The summed E-state index contributed by atoms with van der Waals surface area (Å²) in [5.41, 5.74) is 1.39. The van der Waals surface area contributed by atoms with Crippen molar-refractivity contribution in [2.75, 3.05) is 19.0 Å². The molecule has 202 valence electrons. The summed E-state index contributed by atoms with van der Waals surface area (Å²) in [7, 11) is 1.43. The molecule has 0 aliphatic carbocycles. The van der Waals surface area contributed by atoms with Crippen LogP contribution in [0.3, 0.4) is 0 Å². The molecule has 0 unspecified atom stereocenters. The van der Waals surface area contributed by atoms with Gasteiger partial charge in [-0.2, -0.15) is 13.2 Å². The fraction of sp³-hybridized carbons (Fsp3) is 0.179. The van der Waals surface area contributed by atoms with Crippen molar-refractivity contribution in [1.82, 2.24) is 4.98 Å². The monoisotopic (exact) mass is 556 g/mol. The van der Waals surface area contributed by atoms with Crippen LogP contribution in [0.25, 0.3) is 21.9 Å². The number of hydrogen-bond donors (Lipinski definition) is 2. The number of nitrogens with one attached hydrogen (secondary N) is 1. The van der Waals surface area contributed by atoms with Gasteiger partial charge in [-0.25, -0.2) is 4.98 Å². The van der Waals surface area contributed by atoms with Gasteiger partial charge in [0, 0.05) is 12.1 Å². The molecule has 4 aromatic rings. The van der Waals surface area contributed by atoms with Gasteiger partial charge in [-0.1, -0.05) is 24.3 Å². The van der Waals surface area contributed by atoms with Gasteiger partial charge in [0.1, 0.15) is 5.01 Å². The Bertz CT molecular complexity index is 1500. The molecule has 0 aliphatic heterocycles. The number of carbonyl (C=O) groups excluding carboxylic acids is 1. The molecule has 1 heterocycles. The number of carboxylic acid groups (broad SMARTS) is 1. The number of alkyl halides is 3. The lowest BCUT2D eigenvalue weighted by molar-refractivity contribution is -0.138. The van der Waals surface area contributed by atoms with E-state index in [1.807, 2.05) is 30.3 Å². The third kappa shape index (κ3) is 7.35. The van der Waals surface area contributed by atoms with Crippen LogP contribution in [0.2, 0.25) is 0 Å². The molecule has 0 saturated carbocycles. The number of anilines is 1.